The molecule has 1 aliphatic rings. The highest BCUT2D eigenvalue weighted by atomic mass is 32.1. The second-order valence-corrected chi connectivity index (χ2v) is 7.25. The van der Waals surface area contributed by atoms with E-state index < -0.39 is 0 Å². The van der Waals surface area contributed by atoms with Crippen LogP contribution in [0.15, 0.2) is 11.4 Å². The van der Waals surface area contributed by atoms with E-state index in [-0.39, 0.29) is 0 Å². The molecule has 0 aromatic carbocycles. The molecule has 0 atom stereocenters. The van der Waals surface area contributed by atoms with E-state index in [0.29, 0.717) is 0 Å². The van der Waals surface area contributed by atoms with Gasteiger partial charge in [-0.15, -0.1) is 11.3 Å². The normalized spacial score (nSPS) is 15.9. The van der Waals surface area contributed by atoms with E-state index in [9.17, 15) is 0 Å². The lowest BCUT2D eigenvalue weighted by Gasteiger charge is -2.35. The molecule has 2 aromatic heterocycles. The van der Waals surface area contributed by atoms with Gasteiger partial charge in [-0.3, -0.25) is 4.90 Å². The van der Waals surface area contributed by atoms with Crippen LogP contribution in [0.4, 0.5) is 11.8 Å². The Kier molecular flexibility index (Phi) is 4.77. The van der Waals surface area contributed by atoms with E-state index in [4.69, 9.17) is 0 Å². The Morgan fingerprint density at radius 2 is 1.83 bits per heavy atom. The van der Waals surface area contributed by atoms with Crippen LogP contribution in [0, 0.1) is 13.8 Å². The molecule has 23 heavy (non-hydrogen) atoms. The van der Waals surface area contributed by atoms with Crippen molar-refractivity contribution in [1.82, 2.24) is 19.9 Å². The van der Waals surface area contributed by atoms with Gasteiger partial charge in [0.15, 0.2) is 0 Å². The van der Waals surface area contributed by atoms with Crippen molar-refractivity contribution in [2.45, 2.75) is 20.4 Å². The Morgan fingerprint density at radius 1 is 1.09 bits per heavy atom. The lowest BCUT2D eigenvalue weighted by Crippen LogP contribution is -2.46. The number of piperazine rings is 1. The Balaban J connectivity index is 1.62. The fourth-order valence-electron chi connectivity index (χ4n) is 2.74. The van der Waals surface area contributed by atoms with Crippen LogP contribution in [0.5, 0.6) is 0 Å². The number of aryl methyl sites for hydroxylation is 2. The number of nitrogens with zero attached hydrogens (tertiary/aromatic N) is 6. The van der Waals surface area contributed by atoms with Crippen molar-refractivity contribution in [3.8, 4) is 0 Å². The summed E-state index contributed by atoms with van der Waals surface area (Å²) in [5.41, 5.74) is 2.20. The number of anilines is 2. The third kappa shape index (κ3) is 3.97. The largest absolute Gasteiger partial charge is 0.354 e. The van der Waals surface area contributed by atoms with Crippen molar-refractivity contribution in [3.63, 3.8) is 0 Å². The van der Waals surface area contributed by atoms with Gasteiger partial charge in [0.05, 0.1) is 10.7 Å². The Hall–Kier alpha value is -1.73. The number of aromatic nitrogens is 3. The Labute approximate surface area is 141 Å². The van der Waals surface area contributed by atoms with E-state index in [1.807, 2.05) is 25.9 Å². The van der Waals surface area contributed by atoms with Crippen LogP contribution in [0.3, 0.4) is 0 Å². The molecule has 124 valence electrons. The predicted octanol–water partition coefficient (Wildman–Crippen LogP) is 1.94. The summed E-state index contributed by atoms with van der Waals surface area (Å²) in [7, 11) is 3.96. The molecule has 2 aromatic rings. The number of rotatable bonds is 4. The molecule has 6 nitrogen and oxygen atoms in total. The van der Waals surface area contributed by atoms with Crippen LogP contribution in [0.25, 0.3) is 0 Å². The lowest BCUT2D eigenvalue weighted by molar-refractivity contribution is 0.247. The summed E-state index contributed by atoms with van der Waals surface area (Å²) in [5.74, 6) is 1.81. The predicted molar refractivity (Wildman–Crippen MR) is 95.4 cm³/mol. The molecule has 7 heteroatoms. The van der Waals surface area contributed by atoms with Gasteiger partial charge in [0.25, 0.3) is 0 Å². The first-order chi connectivity index (χ1) is 11.0. The molecule has 0 amide bonds. The first kappa shape index (κ1) is 16.1. The van der Waals surface area contributed by atoms with E-state index in [1.165, 1.54) is 5.69 Å². The maximum atomic E-state index is 4.68. The molecule has 0 N–H and O–H groups in total. The second-order valence-electron chi connectivity index (χ2n) is 6.18. The maximum Gasteiger partial charge on any atom is 0.226 e. The first-order valence-electron chi connectivity index (χ1n) is 7.92. The van der Waals surface area contributed by atoms with Gasteiger partial charge in [-0.2, -0.15) is 4.98 Å². The van der Waals surface area contributed by atoms with E-state index in [0.717, 1.165) is 55.2 Å². The summed E-state index contributed by atoms with van der Waals surface area (Å²) in [6.07, 6.45) is 0. The van der Waals surface area contributed by atoms with Crippen LogP contribution in [0.1, 0.15) is 16.4 Å². The van der Waals surface area contributed by atoms with Gasteiger partial charge in [-0.25, -0.2) is 9.97 Å². The third-order valence-electron chi connectivity index (χ3n) is 3.98. The summed E-state index contributed by atoms with van der Waals surface area (Å²) in [6.45, 7) is 9.10. The minimum absolute atomic E-state index is 0.778. The molecule has 3 heterocycles. The number of thiazole rings is 1. The van der Waals surface area contributed by atoms with Crippen LogP contribution >= 0.6 is 11.3 Å². The fourth-order valence-corrected chi connectivity index (χ4v) is 3.35. The highest BCUT2D eigenvalue weighted by Crippen LogP contribution is 2.19. The van der Waals surface area contributed by atoms with Gasteiger partial charge >= 0.3 is 0 Å². The van der Waals surface area contributed by atoms with Gasteiger partial charge < -0.3 is 9.80 Å². The highest BCUT2D eigenvalue weighted by Gasteiger charge is 2.20. The smallest absolute Gasteiger partial charge is 0.226 e. The molecule has 1 saturated heterocycles. The summed E-state index contributed by atoms with van der Waals surface area (Å²) in [5, 5.41) is 3.31. The van der Waals surface area contributed by atoms with Gasteiger partial charge in [0, 0.05) is 64.0 Å². The zero-order valence-corrected chi connectivity index (χ0v) is 15.1. The van der Waals surface area contributed by atoms with Gasteiger partial charge in [0.1, 0.15) is 5.82 Å². The summed E-state index contributed by atoms with van der Waals surface area (Å²) in [6, 6.07) is 2.08. The quantitative estimate of drug-likeness (QED) is 0.853. The molecule has 0 bridgehead atoms. The molecule has 1 fully saturated rings. The van der Waals surface area contributed by atoms with Crippen molar-refractivity contribution in [2.75, 3.05) is 50.1 Å². The van der Waals surface area contributed by atoms with Crippen LogP contribution in [-0.2, 0) is 6.54 Å². The minimum Gasteiger partial charge on any atom is -0.354 e. The topological polar surface area (TPSA) is 48.4 Å². The van der Waals surface area contributed by atoms with Crippen molar-refractivity contribution in [1.29, 1.82) is 0 Å². The third-order valence-corrected chi connectivity index (χ3v) is 4.80. The number of hydrogen-bond donors (Lipinski definition) is 0. The molecular weight excluding hydrogens is 308 g/mol. The van der Waals surface area contributed by atoms with Crippen LogP contribution < -0.4 is 9.80 Å². The van der Waals surface area contributed by atoms with E-state index >= 15 is 0 Å². The Morgan fingerprint density at radius 3 is 2.43 bits per heavy atom. The molecule has 0 spiro atoms. The molecule has 0 aliphatic carbocycles. The molecule has 0 saturated carbocycles. The lowest BCUT2D eigenvalue weighted by atomic mass is 10.3. The van der Waals surface area contributed by atoms with Gasteiger partial charge in [-0.05, 0) is 13.8 Å². The minimum atomic E-state index is 0.778. The molecular formula is C16H24N6S. The Bertz CT molecular complexity index is 660. The molecule has 0 unspecified atom stereocenters. The maximum absolute atomic E-state index is 4.68. The van der Waals surface area contributed by atoms with Gasteiger partial charge in [0.2, 0.25) is 5.95 Å². The van der Waals surface area contributed by atoms with Gasteiger partial charge in [-0.1, -0.05) is 0 Å². The number of hydrogen-bond acceptors (Lipinski definition) is 7. The van der Waals surface area contributed by atoms with Crippen molar-refractivity contribution in [2.24, 2.45) is 0 Å². The summed E-state index contributed by atoms with van der Waals surface area (Å²) < 4.78 is 0. The molecule has 3 rings (SSSR count). The molecule has 0 radical (unpaired) electrons. The monoisotopic (exact) mass is 332 g/mol. The SMILES string of the molecule is Cc1cc(N2CCN(Cc3csc(C)n3)CC2)nc(N(C)C)n1. The second kappa shape index (κ2) is 6.80. The van der Waals surface area contributed by atoms with Crippen LogP contribution in [0.2, 0.25) is 0 Å². The average Bonchev–Trinajstić information content (AvgIpc) is 2.92. The zero-order valence-electron chi connectivity index (χ0n) is 14.3. The fraction of sp³-hybridized carbons (Fsp3) is 0.562. The van der Waals surface area contributed by atoms with Crippen LogP contribution in [-0.4, -0.2) is 60.1 Å². The zero-order chi connectivity index (χ0) is 16.4. The summed E-state index contributed by atoms with van der Waals surface area (Å²) >= 11 is 1.73. The van der Waals surface area contributed by atoms with E-state index in [1.54, 1.807) is 11.3 Å². The highest BCUT2D eigenvalue weighted by molar-refractivity contribution is 7.09. The first-order valence-corrected chi connectivity index (χ1v) is 8.80. The molecule has 1 aliphatic heterocycles. The van der Waals surface area contributed by atoms with Crippen molar-refractivity contribution >= 4 is 23.1 Å². The van der Waals surface area contributed by atoms with E-state index in [2.05, 4.69) is 43.1 Å². The van der Waals surface area contributed by atoms with Crippen molar-refractivity contribution in [3.05, 3.63) is 27.8 Å². The van der Waals surface area contributed by atoms with Crippen molar-refractivity contribution < 1.29 is 0 Å². The standard InChI is InChI=1S/C16H24N6S/c1-12-9-15(19-16(17-12)20(3)4)22-7-5-21(6-8-22)10-14-11-23-13(2)18-14/h9,11H,5-8,10H2,1-4H3. The average molecular weight is 332 g/mol. The summed E-state index contributed by atoms with van der Waals surface area (Å²) in [4.78, 5) is 20.5.